The van der Waals surface area contributed by atoms with E-state index in [4.69, 9.17) is 0 Å². The van der Waals surface area contributed by atoms with Crippen molar-refractivity contribution in [3.05, 3.63) is 59.4 Å². The fourth-order valence-electron chi connectivity index (χ4n) is 1.85. The first-order valence-corrected chi connectivity index (χ1v) is 6.06. The van der Waals surface area contributed by atoms with Crippen molar-refractivity contribution in [2.45, 2.75) is 13.0 Å². The van der Waals surface area contributed by atoms with Gasteiger partial charge in [0, 0.05) is 11.3 Å². The lowest BCUT2D eigenvalue weighted by atomic mass is 10.1. The van der Waals surface area contributed by atoms with Crippen LogP contribution in [0.25, 0.3) is 0 Å². The van der Waals surface area contributed by atoms with Gasteiger partial charge >= 0.3 is 0 Å². The molecule has 0 saturated carbocycles. The molecule has 0 aliphatic heterocycles. The van der Waals surface area contributed by atoms with E-state index in [-0.39, 0.29) is 11.3 Å². The van der Waals surface area contributed by atoms with Gasteiger partial charge in [-0.05, 0) is 31.2 Å². The topological polar surface area (TPSA) is 69.6 Å². The van der Waals surface area contributed by atoms with Crippen LogP contribution < -0.4 is 5.32 Å². The van der Waals surface area contributed by atoms with Crippen molar-refractivity contribution in [3.8, 4) is 5.75 Å². The summed E-state index contributed by atoms with van der Waals surface area (Å²) in [5.41, 5.74) is 0.790. The quantitative estimate of drug-likeness (QED) is 0.806. The van der Waals surface area contributed by atoms with Crippen LogP contribution in [0.2, 0.25) is 0 Å². The van der Waals surface area contributed by atoms with Gasteiger partial charge in [-0.15, -0.1) is 0 Å². The summed E-state index contributed by atoms with van der Waals surface area (Å²) in [5.74, 6) is -1.56. The van der Waals surface area contributed by atoms with Crippen molar-refractivity contribution in [1.29, 1.82) is 0 Å². The Kier molecular flexibility index (Phi) is 4.00. The van der Waals surface area contributed by atoms with Crippen LogP contribution in [0.5, 0.6) is 5.75 Å². The van der Waals surface area contributed by atoms with Gasteiger partial charge in [-0.2, -0.15) is 0 Å². The fourth-order valence-corrected chi connectivity index (χ4v) is 1.85. The summed E-state index contributed by atoms with van der Waals surface area (Å²) < 4.78 is 13.1. The summed E-state index contributed by atoms with van der Waals surface area (Å²) in [6.07, 6.45) is -0.757. The standard InChI is InChI=1S/C15H14FNO3/c1-9(18)11-4-2-3-5-13(11)17-15(20)12-8-10(16)6-7-14(12)19/h2-9,18-19H,1H3,(H,17,20). The molecule has 104 valence electrons. The molecule has 5 heteroatoms. The number of carbonyl (C=O) groups excluding carboxylic acids is 1. The van der Waals surface area contributed by atoms with Crippen LogP contribution in [0.4, 0.5) is 10.1 Å². The van der Waals surface area contributed by atoms with Crippen LogP contribution in [0.3, 0.4) is 0 Å². The first-order chi connectivity index (χ1) is 9.49. The van der Waals surface area contributed by atoms with E-state index in [1.165, 1.54) is 0 Å². The number of amides is 1. The Labute approximate surface area is 115 Å². The molecule has 4 nitrogen and oxygen atoms in total. The van der Waals surface area contributed by atoms with E-state index < -0.39 is 17.8 Å². The highest BCUT2D eigenvalue weighted by Gasteiger charge is 2.15. The smallest absolute Gasteiger partial charge is 0.259 e. The molecule has 0 aromatic heterocycles. The molecule has 0 heterocycles. The molecule has 2 aromatic carbocycles. The summed E-state index contributed by atoms with van der Waals surface area (Å²) >= 11 is 0. The monoisotopic (exact) mass is 275 g/mol. The van der Waals surface area contributed by atoms with Crippen LogP contribution in [0.1, 0.15) is 28.9 Å². The molecular weight excluding hydrogens is 261 g/mol. The third-order valence-corrected chi connectivity index (χ3v) is 2.86. The van der Waals surface area contributed by atoms with Crippen molar-refractivity contribution in [2.24, 2.45) is 0 Å². The van der Waals surface area contributed by atoms with Crippen molar-refractivity contribution in [2.75, 3.05) is 5.32 Å². The fraction of sp³-hybridized carbons (Fsp3) is 0.133. The van der Waals surface area contributed by atoms with E-state index in [2.05, 4.69) is 5.32 Å². The molecule has 0 saturated heterocycles. The Balaban J connectivity index is 2.31. The van der Waals surface area contributed by atoms with Gasteiger partial charge in [0.2, 0.25) is 0 Å². The van der Waals surface area contributed by atoms with Gasteiger partial charge in [-0.25, -0.2) is 4.39 Å². The third kappa shape index (κ3) is 2.95. The maximum absolute atomic E-state index is 13.1. The molecule has 3 N–H and O–H groups in total. The van der Waals surface area contributed by atoms with Crippen LogP contribution in [0, 0.1) is 5.82 Å². The van der Waals surface area contributed by atoms with Crippen LogP contribution in [0.15, 0.2) is 42.5 Å². The van der Waals surface area contributed by atoms with E-state index in [1.807, 2.05) is 0 Å². The first kappa shape index (κ1) is 14.0. The molecule has 0 aliphatic carbocycles. The Morgan fingerprint density at radius 2 is 1.95 bits per heavy atom. The molecule has 0 radical (unpaired) electrons. The van der Waals surface area contributed by atoms with Gasteiger partial charge in [-0.3, -0.25) is 4.79 Å². The summed E-state index contributed by atoms with van der Waals surface area (Å²) in [6.45, 7) is 1.57. The number of phenolic OH excluding ortho intramolecular Hbond substituents is 1. The summed E-state index contributed by atoms with van der Waals surface area (Å²) in [4.78, 5) is 12.0. The second kappa shape index (κ2) is 5.71. The Bertz CT molecular complexity index is 641. The highest BCUT2D eigenvalue weighted by molar-refractivity contribution is 6.06. The lowest BCUT2D eigenvalue weighted by Crippen LogP contribution is -2.14. The molecular formula is C15H14FNO3. The number of carbonyl (C=O) groups is 1. The number of benzene rings is 2. The van der Waals surface area contributed by atoms with Gasteiger partial charge in [0.1, 0.15) is 11.6 Å². The van der Waals surface area contributed by atoms with Crippen molar-refractivity contribution < 1.29 is 19.4 Å². The predicted molar refractivity (Wildman–Crippen MR) is 73.1 cm³/mol. The lowest BCUT2D eigenvalue weighted by molar-refractivity contribution is 0.102. The van der Waals surface area contributed by atoms with E-state index in [9.17, 15) is 19.4 Å². The lowest BCUT2D eigenvalue weighted by Gasteiger charge is -2.13. The average Bonchev–Trinajstić information content (AvgIpc) is 2.41. The van der Waals surface area contributed by atoms with Crippen LogP contribution >= 0.6 is 0 Å². The number of halogens is 1. The second-order valence-corrected chi connectivity index (χ2v) is 4.38. The normalized spacial score (nSPS) is 11.9. The number of anilines is 1. The van der Waals surface area contributed by atoms with E-state index in [0.717, 1.165) is 18.2 Å². The van der Waals surface area contributed by atoms with Gasteiger partial charge in [0.15, 0.2) is 0 Å². The summed E-state index contributed by atoms with van der Waals surface area (Å²) in [7, 11) is 0. The molecule has 20 heavy (non-hydrogen) atoms. The molecule has 2 aromatic rings. The third-order valence-electron chi connectivity index (χ3n) is 2.86. The van der Waals surface area contributed by atoms with Crippen molar-refractivity contribution in [1.82, 2.24) is 0 Å². The first-order valence-electron chi connectivity index (χ1n) is 6.06. The second-order valence-electron chi connectivity index (χ2n) is 4.38. The average molecular weight is 275 g/mol. The Morgan fingerprint density at radius 3 is 2.65 bits per heavy atom. The molecule has 0 aliphatic rings. The molecule has 1 atom stereocenters. The number of aliphatic hydroxyl groups excluding tert-OH is 1. The minimum absolute atomic E-state index is 0.162. The van der Waals surface area contributed by atoms with Crippen LogP contribution in [-0.2, 0) is 0 Å². The molecule has 1 unspecified atom stereocenters. The number of phenols is 1. The highest BCUT2D eigenvalue weighted by Crippen LogP contribution is 2.24. The number of para-hydroxylation sites is 1. The maximum Gasteiger partial charge on any atom is 0.259 e. The largest absolute Gasteiger partial charge is 0.507 e. The SMILES string of the molecule is CC(O)c1ccccc1NC(=O)c1cc(F)ccc1O. The number of hydrogen-bond acceptors (Lipinski definition) is 3. The van der Waals surface area contributed by atoms with Gasteiger partial charge in [0.05, 0.1) is 11.7 Å². The Morgan fingerprint density at radius 1 is 1.25 bits per heavy atom. The molecule has 0 spiro atoms. The molecule has 0 fully saturated rings. The zero-order valence-electron chi connectivity index (χ0n) is 10.8. The highest BCUT2D eigenvalue weighted by atomic mass is 19.1. The van der Waals surface area contributed by atoms with E-state index in [1.54, 1.807) is 31.2 Å². The number of nitrogens with one attached hydrogen (secondary N) is 1. The maximum atomic E-state index is 13.1. The van der Waals surface area contributed by atoms with E-state index in [0.29, 0.717) is 11.3 Å². The molecule has 2 rings (SSSR count). The Hall–Kier alpha value is -2.40. The number of hydrogen-bond donors (Lipinski definition) is 3. The number of aromatic hydroxyl groups is 1. The van der Waals surface area contributed by atoms with E-state index >= 15 is 0 Å². The van der Waals surface area contributed by atoms with Gasteiger partial charge < -0.3 is 15.5 Å². The summed E-state index contributed by atoms with van der Waals surface area (Å²) in [5, 5.41) is 21.8. The van der Waals surface area contributed by atoms with Gasteiger partial charge in [0.25, 0.3) is 5.91 Å². The molecule has 0 bridgehead atoms. The predicted octanol–water partition coefficient (Wildman–Crippen LogP) is 2.84. The van der Waals surface area contributed by atoms with Crippen LogP contribution in [-0.4, -0.2) is 16.1 Å². The van der Waals surface area contributed by atoms with Crippen molar-refractivity contribution >= 4 is 11.6 Å². The number of rotatable bonds is 3. The number of aliphatic hydroxyl groups is 1. The zero-order valence-corrected chi connectivity index (χ0v) is 10.8. The van der Waals surface area contributed by atoms with Crippen molar-refractivity contribution in [3.63, 3.8) is 0 Å². The van der Waals surface area contributed by atoms with Gasteiger partial charge in [-0.1, -0.05) is 18.2 Å². The molecule has 1 amide bonds. The minimum Gasteiger partial charge on any atom is -0.507 e. The minimum atomic E-state index is -0.757. The zero-order chi connectivity index (χ0) is 14.7. The summed E-state index contributed by atoms with van der Waals surface area (Å²) in [6, 6.07) is 9.86.